The maximum absolute atomic E-state index is 12.5. The van der Waals surface area contributed by atoms with Gasteiger partial charge in [-0.25, -0.2) is 0 Å². The number of fused-ring (bicyclic) bond motifs is 1. The molecular weight excluding hydrogens is 270 g/mol. The number of benzene rings is 1. The van der Waals surface area contributed by atoms with E-state index in [-0.39, 0.29) is 11.7 Å². The van der Waals surface area contributed by atoms with Gasteiger partial charge in [-0.05, 0) is 55.5 Å². The second-order valence-electron chi connectivity index (χ2n) is 5.64. The molecule has 102 valence electrons. The van der Waals surface area contributed by atoms with Crippen LogP contribution in [-0.2, 0) is 10.2 Å². The van der Waals surface area contributed by atoms with Gasteiger partial charge in [-0.2, -0.15) is 11.3 Å². The number of amides is 1. The van der Waals surface area contributed by atoms with Gasteiger partial charge >= 0.3 is 0 Å². The number of anilines is 1. The van der Waals surface area contributed by atoms with Crippen LogP contribution in [0.1, 0.15) is 40.9 Å². The Morgan fingerprint density at radius 3 is 2.65 bits per heavy atom. The molecule has 0 saturated carbocycles. The topological polar surface area (TPSA) is 46.2 Å². The number of carbonyl (C=O) groups is 2. The second kappa shape index (κ2) is 4.28. The highest BCUT2D eigenvalue weighted by Crippen LogP contribution is 2.38. The van der Waals surface area contributed by atoms with Crippen molar-refractivity contribution >= 4 is 28.7 Å². The maximum atomic E-state index is 12.5. The molecule has 1 N–H and O–H groups in total. The van der Waals surface area contributed by atoms with Gasteiger partial charge in [0.25, 0.3) is 0 Å². The zero-order valence-electron chi connectivity index (χ0n) is 11.6. The average molecular weight is 285 g/mol. The molecule has 1 aliphatic rings. The van der Waals surface area contributed by atoms with Crippen LogP contribution in [0.3, 0.4) is 0 Å². The Kier molecular flexibility index (Phi) is 2.80. The minimum absolute atomic E-state index is 0.0155. The molecule has 0 bridgehead atoms. The first kappa shape index (κ1) is 13.1. The number of rotatable bonds is 2. The number of ketones is 1. The van der Waals surface area contributed by atoms with E-state index >= 15 is 0 Å². The van der Waals surface area contributed by atoms with Crippen molar-refractivity contribution in [2.45, 2.75) is 26.2 Å². The van der Waals surface area contributed by atoms with Crippen LogP contribution in [0, 0.1) is 6.92 Å². The molecule has 1 aliphatic heterocycles. The van der Waals surface area contributed by atoms with Crippen LogP contribution in [0.25, 0.3) is 0 Å². The van der Waals surface area contributed by atoms with Crippen molar-refractivity contribution in [3.05, 3.63) is 51.2 Å². The highest BCUT2D eigenvalue weighted by Gasteiger charge is 2.38. The molecule has 1 amide bonds. The normalized spacial score (nSPS) is 15.8. The van der Waals surface area contributed by atoms with Gasteiger partial charge in [0.05, 0.1) is 5.41 Å². The van der Waals surface area contributed by atoms with E-state index in [4.69, 9.17) is 0 Å². The lowest BCUT2D eigenvalue weighted by atomic mass is 9.84. The zero-order valence-corrected chi connectivity index (χ0v) is 12.4. The van der Waals surface area contributed by atoms with Crippen LogP contribution < -0.4 is 5.32 Å². The number of aryl methyl sites for hydroxylation is 1. The van der Waals surface area contributed by atoms with E-state index in [0.29, 0.717) is 5.56 Å². The molecule has 0 spiro atoms. The Bertz CT molecular complexity index is 728. The Morgan fingerprint density at radius 1 is 1.25 bits per heavy atom. The minimum Gasteiger partial charge on any atom is -0.325 e. The summed E-state index contributed by atoms with van der Waals surface area (Å²) in [6, 6.07) is 5.43. The van der Waals surface area contributed by atoms with Gasteiger partial charge in [-0.3, -0.25) is 9.59 Å². The molecule has 1 aromatic carbocycles. The Morgan fingerprint density at radius 2 is 2.00 bits per heavy atom. The molecule has 1 aromatic heterocycles. The predicted molar refractivity (Wildman–Crippen MR) is 80.6 cm³/mol. The van der Waals surface area contributed by atoms with Crippen LogP contribution >= 0.6 is 11.3 Å². The number of thiophene rings is 1. The molecule has 2 heterocycles. The molecule has 0 saturated heterocycles. The van der Waals surface area contributed by atoms with Gasteiger partial charge in [0.2, 0.25) is 5.91 Å². The lowest BCUT2D eigenvalue weighted by molar-refractivity contribution is -0.119. The third kappa shape index (κ3) is 1.79. The number of carbonyl (C=O) groups excluding carboxylic acids is 2. The van der Waals surface area contributed by atoms with Crippen molar-refractivity contribution in [2.75, 3.05) is 5.32 Å². The van der Waals surface area contributed by atoms with Crippen molar-refractivity contribution in [1.29, 1.82) is 0 Å². The molecule has 0 atom stereocenters. The first-order chi connectivity index (χ1) is 9.41. The van der Waals surface area contributed by atoms with Gasteiger partial charge < -0.3 is 5.32 Å². The van der Waals surface area contributed by atoms with Crippen molar-refractivity contribution in [3.8, 4) is 0 Å². The second-order valence-corrected chi connectivity index (χ2v) is 6.38. The quantitative estimate of drug-likeness (QED) is 0.858. The van der Waals surface area contributed by atoms with Crippen LogP contribution in [0.2, 0.25) is 0 Å². The van der Waals surface area contributed by atoms with E-state index in [1.54, 1.807) is 6.07 Å². The Hall–Kier alpha value is -1.94. The van der Waals surface area contributed by atoms with E-state index in [1.807, 2.05) is 43.7 Å². The molecule has 3 nitrogen and oxygen atoms in total. The van der Waals surface area contributed by atoms with E-state index in [9.17, 15) is 9.59 Å². The highest BCUT2D eigenvalue weighted by atomic mass is 32.1. The van der Waals surface area contributed by atoms with Crippen molar-refractivity contribution in [2.24, 2.45) is 0 Å². The summed E-state index contributed by atoms with van der Waals surface area (Å²) in [6.45, 7) is 5.68. The fourth-order valence-corrected chi connectivity index (χ4v) is 3.29. The van der Waals surface area contributed by atoms with Crippen molar-refractivity contribution in [3.63, 3.8) is 0 Å². The van der Waals surface area contributed by atoms with E-state index in [1.165, 1.54) is 11.3 Å². The summed E-state index contributed by atoms with van der Waals surface area (Å²) in [5.41, 5.74) is 3.48. The summed E-state index contributed by atoms with van der Waals surface area (Å²) in [4.78, 5) is 24.4. The molecule has 0 radical (unpaired) electrons. The fourth-order valence-electron chi connectivity index (χ4n) is 2.46. The molecule has 0 fully saturated rings. The van der Waals surface area contributed by atoms with E-state index in [0.717, 1.165) is 22.4 Å². The maximum Gasteiger partial charge on any atom is 0.234 e. The average Bonchev–Trinajstić information content (AvgIpc) is 2.92. The van der Waals surface area contributed by atoms with Gasteiger partial charge in [0.15, 0.2) is 5.78 Å². The highest BCUT2D eigenvalue weighted by molar-refractivity contribution is 7.08. The van der Waals surface area contributed by atoms with Crippen molar-refractivity contribution in [1.82, 2.24) is 0 Å². The van der Waals surface area contributed by atoms with E-state index in [2.05, 4.69) is 5.32 Å². The summed E-state index contributed by atoms with van der Waals surface area (Å²) in [5.74, 6) is -0.00879. The van der Waals surface area contributed by atoms with Crippen LogP contribution in [-0.4, -0.2) is 11.7 Å². The first-order valence-corrected chi connectivity index (χ1v) is 7.39. The summed E-state index contributed by atoms with van der Waals surface area (Å²) >= 11 is 1.53. The first-order valence-electron chi connectivity index (χ1n) is 6.45. The van der Waals surface area contributed by atoms with Crippen LogP contribution in [0.4, 0.5) is 5.69 Å². The van der Waals surface area contributed by atoms with E-state index < -0.39 is 5.41 Å². The van der Waals surface area contributed by atoms with Gasteiger partial charge in [0, 0.05) is 22.2 Å². The van der Waals surface area contributed by atoms with Crippen molar-refractivity contribution < 1.29 is 9.59 Å². The SMILES string of the molecule is Cc1cscc1C(=O)c1ccc2c(c1)C(C)(C)C(=O)N2. The minimum atomic E-state index is -0.588. The number of hydrogen-bond acceptors (Lipinski definition) is 3. The standard InChI is InChI=1S/C16H15NO2S/c1-9-7-20-8-11(9)14(18)10-4-5-13-12(6-10)16(2,3)15(19)17-13/h4-8H,1-3H3,(H,17,19). The zero-order chi connectivity index (χ0) is 14.5. The summed E-state index contributed by atoms with van der Waals surface area (Å²) < 4.78 is 0. The molecule has 20 heavy (non-hydrogen) atoms. The monoisotopic (exact) mass is 285 g/mol. The van der Waals surface area contributed by atoms with Gasteiger partial charge in [0.1, 0.15) is 0 Å². The van der Waals surface area contributed by atoms with Gasteiger partial charge in [-0.1, -0.05) is 0 Å². The lowest BCUT2D eigenvalue weighted by Crippen LogP contribution is -2.27. The Balaban J connectivity index is 2.07. The smallest absolute Gasteiger partial charge is 0.234 e. The molecular formula is C16H15NO2S. The van der Waals surface area contributed by atoms with Crippen LogP contribution in [0.15, 0.2) is 29.0 Å². The molecule has 4 heteroatoms. The molecule has 3 rings (SSSR count). The van der Waals surface area contributed by atoms with Gasteiger partial charge in [-0.15, -0.1) is 0 Å². The summed E-state index contributed by atoms with van der Waals surface area (Å²) in [6.07, 6.45) is 0. The van der Waals surface area contributed by atoms with Crippen LogP contribution in [0.5, 0.6) is 0 Å². The largest absolute Gasteiger partial charge is 0.325 e. The number of hydrogen-bond donors (Lipinski definition) is 1. The molecule has 0 unspecified atom stereocenters. The third-order valence-corrected chi connectivity index (χ3v) is 4.73. The molecule has 0 aliphatic carbocycles. The predicted octanol–water partition coefficient (Wildman–Crippen LogP) is 3.52. The Labute approximate surface area is 121 Å². The number of nitrogens with one attached hydrogen (secondary N) is 1. The lowest BCUT2D eigenvalue weighted by Gasteiger charge is -2.15. The summed E-state index contributed by atoms with van der Waals surface area (Å²) in [5, 5.41) is 6.69. The fraction of sp³-hybridized carbons (Fsp3) is 0.250. The molecule has 2 aromatic rings. The third-order valence-electron chi connectivity index (χ3n) is 3.87. The summed E-state index contributed by atoms with van der Waals surface area (Å²) in [7, 11) is 0.